The molecule has 2 aromatic carbocycles. The second-order valence-electron chi connectivity index (χ2n) is 7.78. The van der Waals surface area contributed by atoms with E-state index >= 15 is 0 Å². The number of carbonyl (C=O) groups excluding carboxylic acids is 2. The van der Waals surface area contributed by atoms with Crippen LogP contribution < -0.4 is 10.6 Å². The minimum atomic E-state index is -0.0600. The summed E-state index contributed by atoms with van der Waals surface area (Å²) in [6.45, 7) is 1.98. The first-order valence-electron chi connectivity index (χ1n) is 10.3. The second-order valence-corrected chi connectivity index (χ2v) is 7.78. The summed E-state index contributed by atoms with van der Waals surface area (Å²) in [5.74, 6) is 0.574. The molecule has 1 fully saturated rings. The average molecular weight is 379 g/mol. The minimum absolute atomic E-state index is 0.0378. The molecule has 1 aliphatic carbocycles. The molecule has 1 unspecified atom stereocenters. The first kappa shape index (κ1) is 20.1. The molecule has 4 heteroatoms. The van der Waals surface area contributed by atoms with Crippen molar-refractivity contribution < 1.29 is 9.59 Å². The lowest BCUT2D eigenvalue weighted by Gasteiger charge is -2.27. The van der Waals surface area contributed by atoms with Gasteiger partial charge in [-0.1, -0.05) is 74.6 Å². The van der Waals surface area contributed by atoms with Gasteiger partial charge in [0.05, 0.1) is 6.04 Å². The van der Waals surface area contributed by atoms with Gasteiger partial charge in [-0.15, -0.1) is 0 Å². The zero-order chi connectivity index (χ0) is 19.8. The molecule has 0 radical (unpaired) electrons. The van der Waals surface area contributed by atoms with Gasteiger partial charge in [-0.25, -0.2) is 0 Å². The fourth-order valence-electron chi connectivity index (χ4n) is 3.96. The zero-order valence-corrected chi connectivity index (χ0v) is 16.6. The number of benzene rings is 2. The van der Waals surface area contributed by atoms with E-state index in [1.54, 1.807) is 0 Å². The van der Waals surface area contributed by atoms with Crippen molar-refractivity contribution in [3.8, 4) is 0 Å². The zero-order valence-electron chi connectivity index (χ0n) is 16.6. The Morgan fingerprint density at radius 1 is 0.964 bits per heavy atom. The van der Waals surface area contributed by atoms with Crippen LogP contribution in [0.5, 0.6) is 0 Å². The van der Waals surface area contributed by atoms with Crippen LogP contribution in [0.2, 0.25) is 0 Å². The number of rotatable bonds is 7. The van der Waals surface area contributed by atoms with E-state index in [9.17, 15) is 9.59 Å². The van der Waals surface area contributed by atoms with Gasteiger partial charge in [0.2, 0.25) is 5.91 Å². The predicted octanol–water partition coefficient (Wildman–Crippen LogP) is 4.76. The molecule has 2 amide bonds. The lowest BCUT2D eigenvalue weighted by Crippen LogP contribution is -2.30. The predicted molar refractivity (Wildman–Crippen MR) is 112 cm³/mol. The molecule has 0 aromatic heterocycles. The third-order valence-corrected chi connectivity index (χ3v) is 5.56. The summed E-state index contributed by atoms with van der Waals surface area (Å²) in [6, 6.07) is 17.8. The van der Waals surface area contributed by atoms with Gasteiger partial charge in [0.25, 0.3) is 5.91 Å². The fraction of sp³-hybridized carbons (Fsp3) is 0.417. The summed E-state index contributed by atoms with van der Waals surface area (Å²) in [4.78, 5) is 23.9. The molecule has 4 nitrogen and oxygen atoms in total. The van der Waals surface area contributed by atoms with Crippen molar-refractivity contribution in [1.29, 1.82) is 0 Å². The van der Waals surface area contributed by atoms with Crippen molar-refractivity contribution >= 4 is 11.8 Å². The molecule has 0 aliphatic heterocycles. The van der Waals surface area contributed by atoms with E-state index in [1.807, 2.05) is 42.5 Å². The van der Waals surface area contributed by atoms with Gasteiger partial charge < -0.3 is 10.6 Å². The Bertz CT molecular complexity index is 765. The van der Waals surface area contributed by atoms with Crippen molar-refractivity contribution in [3.63, 3.8) is 0 Å². The van der Waals surface area contributed by atoms with Crippen molar-refractivity contribution in [2.45, 2.75) is 58.0 Å². The van der Waals surface area contributed by atoms with Crippen LogP contribution in [0.4, 0.5) is 0 Å². The van der Waals surface area contributed by atoms with Gasteiger partial charge in [0, 0.05) is 19.0 Å². The Balaban J connectivity index is 1.67. The number of hydrogen-bond acceptors (Lipinski definition) is 2. The van der Waals surface area contributed by atoms with Crippen LogP contribution in [-0.2, 0) is 11.3 Å². The Kier molecular flexibility index (Phi) is 7.24. The van der Waals surface area contributed by atoms with Crippen molar-refractivity contribution in [3.05, 3.63) is 71.3 Å². The van der Waals surface area contributed by atoms with Crippen LogP contribution in [0.25, 0.3) is 0 Å². The minimum Gasteiger partial charge on any atom is -0.352 e. The maximum atomic E-state index is 12.9. The second kappa shape index (κ2) is 10.1. The van der Waals surface area contributed by atoms with Crippen LogP contribution in [-0.4, -0.2) is 11.8 Å². The van der Waals surface area contributed by atoms with Crippen LogP contribution in [0.1, 0.15) is 73.0 Å². The summed E-state index contributed by atoms with van der Waals surface area (Å²) in [5.41, 5.74) is 2.80. The maximum absolute atomic E-state index is 12.9. The monoisotopic (exact) mass is 378 g/mol. The molecule has 2 N–H and O–H groups in total. The first-order chi connectivity index (χ1) is 13.6. The van der Waals surface area contributed by atoms with E-state index in [4.69, 9.17) is 0 Å². The molecule has 0 bridgehead atoms. The van der Waals surface area contributed by atoms with E-state index in [0.717, 1.165) is 12.0 Å². The standard InChI is InChI=1S/C24H30N2O2/c1-18(27)25-17-20-12-14-22(15-13-20)24(28)26-23(21-10-6-3-7-11-21)16-19-8-4-2-5-9-19/h3,6-7,10-15,19,23H,2,4-5,8-9,16-17H2,1H3,(H,25,27)(H,26,28). The highest BCUT2D eigenvalue weighted by Gasteiger charge is 2.22. The Morgan fingerprint density at radius 2 is 1.64 bits per heavy atom. The Labute approximate surface area is 167 Å². The van der Waals surface area contributed by atoms with Crippen LogP contribution >= 0.6 is 0 Å². The highest BCUT2D eigenvalue weighted by Crippen LogP contribution is 2.32. The van der Waals surface area contributed by atoms with Gasteiger partial charge in [0.15, 0.2) is 0 Å². The third-order valence-electron chi connectivity index (χ3n) is 5.56. The molecule has 3 rings (SSSR count). The largest absolute Gasteiger partial charge is 0.352 e. The number of carbonyl (C=O) groups is 2. The number of hydrogen-bond donors (Lipinski definition) is 2. The van der Waals surface area contributed by atoms with Gasteiger partial charge in [0.1, 0.15) is 0 Å². The van der Waals surface area contributed by atoms with Crippen LogP contribution in [0.15, 0.2) is 54.6 Å². The van der Waals surface area contributed by atoms with E-state index in [2.05, 4.69) is 22.8 Å². The van der Waals surface area contributed by atoms with E-state index in [-0.39, 0.29) is 17.9 Å². The first-order valence-corrected chi connectivity index (χ1v) is 10.3. The van der Waals surface area contributed by atoms with Gasteiger partial charge in [-0.05, 0) is 35.6 Å². The lowest BCUT2D eigenvalue weighted by molar-refractivity contribution is -0.119. The summed E-state index contributed by atoms with van der Waals surface area (Å²) >= 11 is 0. The molecular formula is C24H30N2O2. The summed E-state index contributed by atoms with van der Waals surface area (Å²) in [5, 5.41) is 6.03. The molecule has 1 aliphatic rings. The number of amides is 2. The molecule has 1 atom stereocenters. The lowest BCUT2D eigenvalue weighted by atomic mass is 9.83. The van der Waals surface area contributed by atoms with Gasteiger partial charge in [-0.2, -0.15) is 0 Å². The van der Waals surface area contributed by atoms with Crippen LogP contribution in [0, 0.1) is 5.92 Å². The maximum Gasteiger partial charge on any atom is 0.251 e. The van der Waals surface area contributed by atoms with E-state index in [1.165, 1.54) is 44.6 Å². The summed E-state index contributed by atoms with van der Waals surface area (Å²) < 4.78 is 0. The number of nitrogens with one attached hydrogen (secondary N) is 2. The fourth-order valence-corrected chi connectivity index (χ4v) is 3.96. The Hall–Kier alpha value is -2.62. The van der Waals surface area contributed by atoms with Crippen LogP contribution in [0.3, 0.4) is 0 Å². The average Bonchev–Trinajstić information content (AvgIpc) is 2.73. The van der Waals surface area contributed by atoms with Crippen molar-refractivity contribution in [2.75, 3.05) is 0 Å². The molecule has 0 spiro atoms. The molecule has 0 heterocycles. The molecule has 0 saturated heterocycles. The summed E-state index contributed by atoms with van der Waals surface area (Å²) in [7, 11) is 0. The molecule has 2 aromatic rings. The highest BCUT2D eigenvalue weighted by atomic mass is 16.2. The normalized spacial score (nSPS) is 15.6. The molecule has 28 heavy (non-hydrogen) atoms. The SMILES string of the molecule is CC(=O)NCc1ccc(C(=O)NC(CC2CCCCC2)c2ccccc2)cc1. The van der Waals surface area contributed by atoms with Gasteiger partial charge >= 0.3 is 0 Å². The molecular weight excluding hydrogens is 348 g/mol. The van der Waals surface area contributed by atoms with E-state index < -0.39 is 0 Å². The van der Waals surface area contributed by atoms with Crippen molar-refractivity contribution in [2.24, 2.45) is 5.92 Å². The summed E-state index contributed by atoms with van der Waals surface area (Å²) in [6.07, 6.45) is 7.46. The Morgan fingerprint density at radius 3 is 2.29 bits per heavy atom. The van der Waals surface area contributed by atoms with E-state index in [0.29, 0.717) is 18.0 Å². The molecule has 1 saturated carbocycles. The highest BCUT2D eigenvalue weighted by molar-refractivity contribution is 5.94. The quantitative estimate of drug-likeness (QED) is 0.729. The van der Waals surface area contributed by atoms with Gasteiger partial charge in [-0.3, -0.25) is 9.59 Å². The molecule has 148 valence electrons. The smallest absolute Gasteiger partial charge is 0.251 e. The van der Waals surface area contributed by atoms with Crippen molar-refractivity contribution in [1.82, 2.24) is 10.6 Å². The third kappa shape index (κ3) is 5.95. The topological polar surface area (TPSA) is 58.2 Å².